The number of rotatable bonds is 9. The third kappa shape index (κ3) is 9.17. The van der Waals surface area contributed by atoms with E-state index >= 15 is 0 Å². The molecule has 19 heteroatoms. The van der Waals surface area contributed by atoms with Crippen LogP contribution in [-0.4, -0.2) is 59.0 Å². The first-order valence-corrected chi connectivity index (χ1v) is 12.4. The van der Waals surface area contributed by atoms with Gasteiger partial charge in [-0.15, -0.1) is 0 Å². The monoisotopic (exact) mass is 648 g/mol. The molecule has 0 aliphatic heterocycles. The molecule has 43 heavy (non-hydrogen) atoms. The van der Waals surface area contributed by atoms with E-state index in [4.69, 9.17) is 33.1 Å². The van der Waals surface area contributed by atoms with E-state index in [2.05, 4.69) is 30.7 Å². The van der Waals surface area contributed by atoms with E-state index in [1.54, 1.807) is 18.2 Å². The second-order valence-electron chi connectivity index (χ2n) is 8.29. The minimum atomic E-state index is -5.08. The molecule has 1 amide bonds. The second-order valence-corrected chi connectivity index (χ2v) is 9.11. The molecule has 0 radical (unpaired) electrons. The molecule has 3 aromatic heterocycles. The largest absolute Gasteiger partial charge is 0.490 e. The average molecular weight is 649 g/mol. The van der Waals surface area contributed by atoms with Crippen LogP contribution in [0, 0.1) is 0 Å². The van der Waals surface area contributed by atoms with Gasteiger partial charge in [0.15, 0.2) is 5.82 Å². The molecule has 1 aromatic carbocycles. The van der Waals surface area contributed by atoms with Crippen LogP contribution in [0.1, 0.15) is 11.3 Å². The number of anilines is 1. The van der Waals surface area contributed by atoms with Crippen molar-refractivity contribution in [3.05, 3.63) is 93.2 Å². The van der Waals surface area contributed by atoms with Gasteiger partial charge in [0.2, 0.25) is 5.91 Å². The van der Waals surface area contributed by atoms with Gasteiger partial charge in [-0.05, 0) is 35.9 Å². The molecule has 0 aliphatic rings. The first-order chi connectivity index (χ1) is 20.2. The number of carboxylic acid groups (broad SMARTS) is 1. The molecule has 12 nitrogen and oxygen atoms in total. The minimum absolute atomic E-state index is 0.0629. The molecule has 0 aliphatic carbocycles. The van der Waals surface area contributed by atoms with Gasteiger partial charge in [0, 0.05) is 17.8 Å². The number of alkyl halides is 5. The SMILES string of the molecule is O=C(Cn1c(Cl)cnc(NCC(F)(F)c2ccccn2)c1=O)NCc1cc(Cl)ccc1-n1cncn1.O=C(O)C(F)(F)F. The summed E-state index contributed by atoms with van der Waals surface area (Å²) in [5.41, 5.74) is 0.00300. The number of nitrogens with zero attached hydrogens (tertiary/aromatic N) is 6. The summed E-state index contributed by atoms with van der Waals surface area (Å²) in [5.74, 6) is -7.06. The smallest absolute Gasteiger partial charge is 0.475 e. The maximum atomic E-state index is 14.4. The third-order valence-electron chi connectivity index (χ3n) is 5.25. The highest BCUT2D eigenvalue weighted by Gasteiger charge is 2.38. The summed E-state index contributed by atoms with van der Waals surface area (Å²) in [7, 11) is 0. The average Bonchev–Trinajstić information content (AvgIpc) is 3.49. The standard InChI is InChI=1S/C22H18Cl2F2N8O2.C2HF3O2/c23-15-4-5-16(34-13-27-12-32-34)14(7-15)8-29-19(35)10-33-18(24)9-30-20(21(33)36)31-11-22(25,26)17-3-1-2-6-28-17;3-2(4,5)1(6)7/h1-7,9,12-13H,8,10-11H2,(H,29,35)(H,30,31);(H,6,7). The fourth-order valence-electron chi connectivity index (χ4n) is 3.25. The lowest BCUT2D eigenvalue weighted by Crippen LogP contribution is -2.35. The summed E-state index contributed by atoms with van der Waals surface area (Å²) in [5, 5.41) is 16.5. The van der Waals surface area contributed by atoms with Crippen molar-refractivity contribution in [2.75, 3.05) is 11.9 Å². The van der Waals surface area contributed by atoms with Crippen LogP contribution in [0.5, 0.6) is 0 Å². The lowest BCUT2D eigenvalue weighted by Gasteiger charge is -2.17. The summed E-state index contributed by atoms with van der Waals surface area (Å²) in [6, 6.07) is 9.18. The normalized spacial score (nSPS) is 11.3. The van der Waals surface area contributed by atoms with Crippen molar-refractivity contribution < 1.29 is 36.6 Å². The minimum Gasteiger partial charge on any atom is -0.475 e. The second kappa shape index (κ2) is 14.0. The summed E-state index contributed by atoms with van der Waals surface area (Å²) in [4.78, 5) is 45.6. The summed E-state index contributed by atoms with van der Waals surface area (Å²) < 4.78 is 63.0. The van der Waals surface area contributed by atoms with Crippen molar-refractivity contribution in [1.29, 1.82) is 0 Å². The number of benzene rings is 1. The first kappa shape index (κ1) is 32.9. The highest BCUT2D eigenvalue weighted by molar-refractivity contribution is 6.30. The Morgan fingerprint density at radius 3 is 2.37 bits per heavy atom. The Bertz CT molecular complexity index is 1620. The Labute approximate surface area is 248 Å². The molecule has 228 valence electrons. The van der Waals surface area contributed by atoms with Crippen LogP contribution in [0.3, 0.4) is 0 Å². The molecule has 0 spiro atoms. The Morgan fingerprint density at radius 2 is 1.77 bits per heavy atom. The highest BCUT2D eigenvalue weighted by atomic mass is 35.5. The molecule has 4 aromatic rings. The number of nitrogens with one attached hydrogen (secondary N) is 2. The highest BCUT2D eigenvalue weighted by Crippen LogP contribution is 2.26. The van der Waals surface area contributed by atoms with E-state index in [1.807, 2.05) is 0 Å². The van der Waals surface area contributed by atoms with E-state index < -0.39 is 48.3 Å². The number of hydrogen-bond acceptors (Lipinski definition) is 8. The Kier molecular flexibility index (Phi) is 10.7. The van der Waals surface area contributed by atoms with Crippen LogP contribution in [0.15, 0.2) is 66.2 Å². The lowest BCUT2D eigenvalue weighted by molar-refractivity contribution is -0.192. The molecule has 4 rings (SSSR count). The molecule has 0 bridgehead atoms. The van der Waals surface area contributed by atoms with Gasteiger partial charge in [0.05, 0.1) is 18.4 Å². The molecule has 3 N–H and O–H groups in total. The van der Waals surface area contributed by atoms with Crippen LogP contribution in [0.25, 0.3) is 5.69 Å². The van der Waals surface area contributed by atoms with Crippen molar-refractivity contribution in [3.63, 3.8) is 0 Å². The van der Waals surface area contributed by atoms with E-state index in [0.29, 0.717) is 16.3 Å². The quantitative estimate of drug-likeness (QED) is 0.230. The van der Waals surface area contributed by atoms with Crippen LogP contribution in [0.4, 0.5) is 27.8 Å². The summed E-state index contributed by atoms with van der Waals surface area (Å²) in [6.07, 6.45) is 0.119. The fraction of sp³-hybridized carbons (Fsp3) is 0.208. The fourth-order valence-corrected chi connectivity index (χ4v) is 3.63. The predicted octanol–water partition coefficient (Wildman–Crippen LogP) is 3.68. The van der Waals surface area contributed by atoms with E-state index in [1.165, 1.54) is 41.7 Å². The van der Waals surface area contributed by atoms with E-state index in [9.17, 15) is 31.5 Å². The molecule has 3 heterocycles. The number of pyridine rings is 1. The van der Waals surface area contributed by atoms with Gasteiger partial charge in [0.25, 0.3) is 5.56 Å². The first-order valence-electron chi connectivity index (χ1n) is 11.7. The summed E-state index contributed by atoms with van der Waals surface area (Å²) in [6.45, 7) is -1.34. The predicted molar refractivity (Wildman–Crippen MR) is 142 cm³/mol. The Balaban J connectivity index is 0.000000646. The zero-order chi connectivity index (χ0) is 31.8. The zero-order valence-corrected chi connectivity index (χ0v) is 22.9. The van der Waals surface area contributed by atoms with Crippen LogP contribution >= 0.6 is 23.2 Å². The van der Waals surface area contributed by atoms with Gasteiger partial charge in [-0.3, -0.25) is 19.1 Å². The van der Waals surface area contributed by atoms with Crippen LogP contribution < -0.4 is 16.2 Å². The number of carbonyl (C=O) groups is 2. The molecular weight excluding hydrogens is 630 g/mol. The Hall–Kier alpha value is -4.64. The van der Waals surface area contributed by atoms with Crippen molar-refractivity contribution in [1.82, 2.24) is 34.6 Å². The zero-order valence-electron chi connectivity index (χ0n) is 21.4. The van der Waals surface area contributed by atoms with Gasteiger partial charge in [-0.2, -0.15) is 27.1 Å². The molecule has 0 unspecified atom stereocenters. The lowest BCUT2D eigenvalue weighted by atomic mass is 10.1. The van der Waals surface area contributed by atoms with Crippen LogP contribution in [0.2, 0.25) is 10.2 Å². The maximum absolute atomic E-state index is 14.4. The third-order valence-corrected chi connectivity index (χ3v) is 5.79. The number of aliphatic carboxylic acids is 1. The molecular formula is C24H19Cl2F5N8O4. The van der Waals surface area contributed by atoms with E-state index in [-0.39, 0.29) is 17.5 Å². The van der Waals surface area contributed by atoms with Gasteiger partial charge >= 0.3 is 18.1 Å². The van der Waals surface area contributed by atoms with Crippen molar-refractivity contribution >= 4 is 40.9 Å². The van der Waals surface area contributed by atoms with E-state index in [0.717, 1.165) is 10.8 Å². The number of halogens is 7. The van der Waals surface area contributed by atoms with Crippen molar-refractivity contribution in [2.45, 2.75) is 25.2 Å². The Morgan fingerprint density at radius 1 is 1.05 bits per heavy atom. The van der Waals surface area contributed by atoms with Gasteiger partial charge in [-0.1, -0.05) is 29.3 Å². The van der Waals surface area contributed by atoms with Crippen molar-refractivity contribution in [2.24, 2.45) is 0 Å². The number of aromatic nitrogens is 6. The van der Waals surface area contributed by atoms with Gasteiger partial charge in [0.1, 0.15) is 30.0 Å². The number of amides is 1. The molecule has 0 fully saturated rings. The topological polar surface area (TPSA) is 157 Å². The molecule has 0 saturated heterocycles. The van der Waals surface area contributed by atoms with Gasteiger partial charge in [-0.25, -0.2) is 19.4 Å². The number of hydrogen-bond donors (Lipinski definition) is 3. The summed E-state index contributed by atoms with van der Waals surface area (Å²) >= 11 is 12.2. The van der Waals surface area contributed by atoms with Crippen molar-refractivity contribution in [3.8, 4) is 5.69 Å². The molecule has 0 saturated carbocycles. The van der Waals surface area contributed by atoms with Gasteiger partial charge < -0.3 is 15.7 Å². The number of carboxylic acids is 1. The number of carbonyl (C=O) groups excluding carboxylic acids is 1. The maximum Gasteiger partial charge on any atom is 0.490 e. The molecule has 0 atom stereocenters. The van der Waals surface area contributed by atoms with Crippen LogP contribution in [-0.2, 0) is 28.6 Å².